The lowest BCUT2D eigenvalue weighted by Gasteiger charge is -1.86. The molecule has 1 rings (SSSR count). The average Bonchev–Trinajstić information content (AvgIpc) is 2.43. The number of hydrogen-bond acceptors (Lipinski definition) is 1. The van der Waals surface area contributed by atoms with Crippen LogP contribution in [0.4, 0.5) is 0 Å². The highest BCUT2D eigenvalue weighted by Crippen LogP contribution is 2.15. The van der Waals surface area contributed by atoms with Crippen LogP contribution in [0.3, 0.4) is 0 Å². The van der Waals surface area contributed by atoms with Gasteiger partial charge in [-0.2, -0.15) is 0 Å². The van der Waals surface area contributed by atoms with Gasteiger partial charge in [0.25, 0.3) is 0 Å². The Morgan fingerprint density at radius 3 is 2.09 bits per heavy atom. The van der Waals surface area contributed by atoms with E-state index in [0.717, 1.165) is 13.1 Å². The summed E-state index contributed by atoms with van der Waals surface area (Å²) < 4.78 is 0. The maximum absolute atomic E-state index is 3.11. The van der Waals surface area contributed by atoms with Gasteiger partial charge in [-0.3, -0.25) is 0 Å². The molecule has 0 aliphatic heterocycles. The van der Waals surface area contributed by atoms with Gasteiger partial charge in [0, 0.05) is 0 Å². The third-order valence-electron chi connectivity index (χ3n) is 1.77. The molecule has 1 heteroatoms. The van der Waals surface area contributed by atoms with Crippen LogP contribution in [0.1, 0.15) is 40.0 Å². The molecule has 0 bridgehead atoms. The first-order chi connectivity index (χ1) is 5.31. The summed E-state index contributed by atoms with van der Waals surface area (Å²) >= 11 is 0. The summed E-state index contributed by atoms with van der Waals surface area (Å²) in [5.74, 6) is 0. The lowest BCUT2D eigenvalue weighted by atomic mass is 10.3. The monoisotopic (exact) mass is 155 g/mol. The lowest BCUT2D eigenvalue weighted by molar-refractivity contribution is 0.762. The molecule has 0 aromatic heterocycles. The van der Waals surface area contributed by atoms with Crippen LogP contribution in [0.2, 0.25) is 0 Å². The minimum atomic E-state index is 1.09. The van der Waals surface area contributed by atoms with Crippen molar-refractivity contribution in [3.05, 3.63) is 11.6 Å². The summed E-state index contributed by atoms with van der Waals surface area (Å²) in [6.45, 7) is 8.59. The van der Waals surface area contributed by atoms with E-state index in [1.54, 1.807) is 5.57 Å². The standard InChI is InChI=1S/C6H10.C4H11N/c1-6-4-2-3-5-6;1-3-5-4-2/h4H,2-3,5H2,1H3;5H,3-4H2,1-2H3. The molecule has 0 aromatic carbocycles. The Kier molecular flexibility index (Phi) is 7.59. The molecule has 0 aromatic rings. The third-order valence-corrected chi connectivity index (χ3v) is 1.77. The molecule has 1 nitrogen and oxygen atoms in total. The van der Waals surface area contributed by atoms with E-state index in [0.29, 0.717) is 0 Å². The van der Waals surface area contributed by atoms with E-state index >= 15 is 0 Å². The fourth-order valence-corrected chi connectivity index (χ4v) is 1.08. The second-order valence-corrected chi connectivity index (χ2v) is 2.90. The quantitative estimate of drug-likeness (QED) is 0.605. The number of allylic oxidation sites excluding steroid dienone is 2. The zero-order chi connectivity index (χ0) is 8.53. The molecule has 0 atom stereocenters. The predicted molar refractivity (Wildman–Crippen MR) is 51.8 cm³/mol. The molecule has 0 saturated carbocycles. The van der Waals surface area contributed by atoms with Crippen molar-refractivity contribution in [2.24, 2.45) is 0 Å². The van der Waals surface area contributed by atoms with Crippen molar-refractivity contribution in [1.82, 2.24) is 5.32 Å². The molecule has 0 saturated heterocycles. The molecule has 0 unspecified atom stereocenters. The van der Waals surface area contributed by atoms with Gasteiger partial charge in [-0.1, -0.05) is 25.5 Å². The van der Waals surface area contributed by atoms with E-state index in [9.17, 15) is 0 Å². The molecule has 0 amide bonds. The van der Waals surface area contributed by atoms with Gasteiger partial charge in [-0.25, -0.2) is 0 Å². The average molecular weight is 155 g/mol. The number of nitrogens with one attached hydrogen (secondary N) is 1. The Labute approximate surface area is 70.9 Å². The first kappa shape index (κ1) is 10.7. The van der Waals surface area contributed by atoms with Crippen LogP contribution in [0.5, 0.6) is 0 Å². The van der Waals surface area contributed by atoms with Gasteiger partial charge in [0.05, 0.1) is 0 Å². The lowest BCUT2D eigenvalue weighted by Crippen LogP contribution is -2.09. The Balaban J connectivity index is 0.000000187. The molecular formula is C10H21N. The normalized spacial score (nSPS) is 15.4. The highest BCUT2D eigenvalue weighted by atomic mass is 14.8. The minimum Gasteiger partial charge on any atom is -0.317 e. The summed E-state index contributed by atoms with van der Waals surface area (Å²) in [5, 5.41) is 3.11. The molecule has 0 heterocycles. The molecule has 0 fully saturated rings. The van der Waals surface area contributed by atoms with Gasteiger partial charge < -0.3 is 5.32 Å². The smallest absolute Gasteiger partial charge is 0.00775 e. The molecule has 1 aliphatic carbocycles. The maximum atomic E-state index is 3.11. The first-order valence-corrected chi connectivity index (χ1v) is 4.67. The maximum Gasteiger partial charge on any atom is -0.00775 e. The van der Waals surface area contributed by atoms with Crippen LogP contribution >= 0.6 is 0 Å². The van der Waals surface area contributed by atoms with Crippen molar-refractivity contribution in [3.8, 4) is 0 Å². The Morgan fingerprint density at radius 2 is 2.00 bits per heavy atom. The van der Waals surface area contributed by atoms with Crippen LogP contribution in [0.25, 0.3) is 0 Å². The third kappa shape index (κ3) is 7.60. The second-order valence-electron chi connectivity index (χ2n) is 2.90. The predicted octanol–water partition coefficient (Wildman–Crippen LogP) is 2.73. The largest absolute Gasteiger partial charge is 0.317 e. The summed E-state index contributed by atoms with van der Waals surface area (Å²) in [6.07, 6.45) is 6.39. The van der Waals surface area contributed by atoms with E-state index in [1.807, 2.05) is 0 Å². The summed E-state index contributed by atoms with van der Waals surface area (Å²) in [4.78, 5) is 0. The summed E-state index contributed by atoms with van der Waals surface area (Å²) in [7, 11) is 0. The molecule has 66 valence electrons. The fraction of sp³-hybridized carbons (Fsp3) is 0.800. The fourth-order valence-electron chi connectivity index (χ4n) is 1.08. The van der Waals surface area contributed by atoms with Crippen LogP contribution < -0.4 is 5.32 Å². The molecular weight excluding hydrogens is 134 g/mol. The summed E-state index contributed by atoms with van der Waals surface area (Å²) in [6, 6.07) is 0. The highest BCUT2D eigenvalue weighted by molar-refractivity contribution is 5.02. The van der Waals surface area contributed by atoms with Gasteiger partial charge in [-0.15, -0.1) is 0 Å². The SMILES string of the molecule is CC1=CCCC1.CCNCC. The van der Waals surface area contributed by atoms with Crippen molar-refractivity contribution in [1.29, 1.82) is 0 Å². The van der Waals surface area contributed by atoms with Crippen molar-refractivity contribution >= 4 is 0 Å². The van der Waals surface area contributed by atoms with Crippen LogP contribution in [0.15, 0.2) is 11.6 Å². The zero-order valence-electron chi connectivity index (χ0n) is 8.11. The van der Waals surface area contributed by atoms with Crippen molar-refractivity contribution in [2.45, 2.75) is 40.0 Å². The summed E-state index contributed by atoms with van der Waals surface area (Å²) in [5.41, 5.74) is 1.58. The topological polar surface area (TPSA) is 12.0 Å². The Bertz CT molecular complexity index is 103. The van der Waals surface area contributed by atoms with E-state index in [1.165, 1.54) is 19.3 Å². The van der Waals surface area contributed by atoms with Gasteiger partial charge in [0.1, 0.15) is 0 Å². The number of rotatable bonds is 2. The highest BCUT2D eigenvalue weighted by Gasteiger charge is 1.94. The van der Waals surface area contributed by atoms with E-state index in [2.05, 4.69) is 32.2 Å². The van der Waals surface area contributed by atoms with Crippen molar-refractivity contribution < 1.29 is 0 Å². The molecule has 11 heavy (non-hydrogen) atoms. The number of hydrogen-bond donors (Lipinski definition) is 1. The van der Waals surface area contributed by atoms with Crippen LogP contribution in [-0.2, 0) is 0 Å². The molecule has 1 N–H and O–H groups in total. The first-order valence-electron chi connectivity index (χ1n) is 4.67. The van der Waals surface area contributed by atoms with Crippen molar-refractivity contribution in [3.63, 3.8) is 0 Å². The molecule has 0 spiro atoms. The van der Waals surface area contributed by atoms with E-state index in [-0.39, 0.29) is 0 Å². The Hall–Kier alpha value is -0.300. The molecule has 1 aliphatic rings. The van der Waals surface area contributed by atoms with Gasteiger partial charge in [0.2, 0.25) is 0 Å². The minimum absolute atomic E-state index is 1.09. The van der Waals surface area contributed by atoms with Crippen LogP contribution in [-0.4, -0.2) is 13.1 Å². The van der Waals surface area contributed by atoms with Crippen molar-refractivity contribution in [2.75, 3.05) is 13.1 Å². The van der Waals surface area contributed by atoms with Gasteiger partial charge in [-0.05, 0) is 39.3 Å². The molecule has 0 radical (unpaired) electrons. The van der Waals surface area contributed by atoms with Crippen LogP contribution in [0, 0.1) is 0 Å². The second kappa shape index (κ2) is 7.80. The zero-order valence-corrected chi connectivity index (χ0v) is 8.11. The van der Waals surface area contributed by atoms with Gasteiger partial charge >= 0.3 is 0 Å². The van der Waals surface area contributed by atoms with E-state index < -0.39 is 0 Å². The Morgan fingerprint density at radius 1 is 1.36 bits per heavy atom. The van der Waals surface area contributed by atoms with E-state index in [4.69, 9.17) is 0 Å². The van der Waals surface area contributed by atoms with Gasteiger partial charge in [0.15, 0.2) is 0 Å².